The number of hydrogen-bond acceptors (Lipinski definition) is 2. The second kappa shape index (κ2) is 8.06. The first-order valence-corrected chi connectivity index (χ1v) is 5.24. The Labute approximate surface area is 92.2 Å². The summed E-state index contributed by atoms with van der Waals surface area (Å²) in [5.74, 6) is 0.781. The zero-order valence-electron chi connectivity index (χ0n) is 9.79. The van der Waals surface area contributed by atoms with Crippen molar-refractivity contribution in [2.24, 2.45) is 0 Å². The lowest BCUT2D eigenvalue weighted by Gasteiger charge is -2.06. The Balaban J connectivity index is 0.000000921. The molecule has 1 N–H and O–H groups in total. The van der Waals surface area contributed by atoms with Gasteiger partial charge in [-0.2, -0.15) is 0 Å². The van der Waals surface area contributed by atoms with E-state index in [2.05, 4.69) is 6.58 Å². The SMILES string of the molecule is C=Cc1cc(C)cc(OCCO)c1.CC. The van der Waals surface area contributed by atoms with E-state index in [-0.39, 0.29) is 6.61 Å². The van der Waals surface area contributed by atoms with E-state index >= 15 is 0 Å². The molecule has 0 aromatic heterocycles. The van der Waals surface area contributed by atoms with Crippen molar-refractivity contribution in [2.75, 3.05) is 13.2 Å². The summed E-state index contributed by atoms with van der Waals surface area (Å²) < 4.78 is 5.28. The van der Waals surface area contributed by atoms with Crippen LogP contribution < -0.4 is 4.74 Å². The van der Waals surface area contributed by atoms with Gasteiger partial charge in [0, 0.05) is 0 Å². The molecular formula is C13H20O2. The smallest absolute Gasteiger partial charge is 0.120 e. The number of hydrogen-bond donors (Lipinski definition) is 1. The van der Waals surface area contributed by atoms with Crippen molar-refractivity contribution in [3.05, 3.63) is 35.9 Å². The van der Waals surface area contributed by atoms with Gasteiger partial charge in [0.25, 0.3) is 0 Å². The van der Waals surface area contributed by atoms with Crippen LogP contribution in [0.2, 0.25) is 0 Å². The molecule has 0 aliphatic carbocycles. The summed E-state index contributed by atoms with van der Waals surface area (Å²) >= 11 is 0. The molecule has 0 fully saturated rings. The molecule has 0 amide bonds. The fourth-order valence-corrected chi connectivity index (χ4v) is 1.14. The highest BCUT2D eigenvalue weighted by Gasteiger charge is 1.96. The zero-order valence-corrected chi connectivity index (χ0v) is 9.79. The number of rotatable bonds is 4. The van der Waals surface area contributed by atoms with Gasteiger partial charge in [-0.25, -0.2) is 0 Å². The molecule has 15 heavy (non-hydrogen) atoms. The second-order valence-electron chi connectivity index (χ2n) is 2.86. The van der Waals surface area contributed by atoms with Gasteiger partial charge in [0.05, 0.1) is 6.61 Å². The maximum Gasteiger partial charge on any atom is 0.120 e. The molecule has 0 aliphatic rings. The Kier molecular flexibility index (Phi) is 7.38. The lowest BCUT2D eigenvalue weighted by Crippen LogP contribution is -2.01. The van der Waals surface area contributed by atoms with Crippen molar-refractivity contribution in [3.8, 4) is 5.75 Å². The molecule has 0 saturated carbocycles. The lowest BCUT2D eigenvalue weighted by atomic mass is 10.1. The van der Waals surface area contributed by atoms with Crippen LogP contribution in [0.15, 0.2) is 24.8 Å². The minimum atomic E-state index is 0.0391. The molecule has 0 heterocycles. The van der Waals surface area contributed by atoms with Crippen molar-refractivity contribution >= 4 is 6.08 Å². The van der Waals surface area contributed by atoms with Gasteiger partial charge in [-0.1, -0.05) is 32.6 Å². The molecular weight excluding hydrogens is 188 g/mol. The number of aryl methyl sites for hydroxylation is 1. The van der Waals surface area contributed by atoms with E-state index in [1.165, 1.54) is 0 Å². The van der Waals surface area contributed by atoms with Crippen LogP contribution in [0.25, 0.3) is 6.08 Å². The molecule has 0 atom stereocenters. The van der Waals surface area contributed by atoms with E-state index in [0.717, 1.165) is 16.9 Å². The molecule has 0 radical (unpaired) electrons. The van der Waals surface area contributed by atoms with Gasteiger partial charge in [0.1, 0.15) is 12.4 Å². The molecule has 0 bridgehead atoms. The van der Waals surface area contributed by atoms with E-state index in [0.29, 0.717) is 6.61 Å². The molecule has 1 rings (SSSR count). The van der Waals surface area contributed by atoms with E-state index in [1.807, 2.05) is 39.0 Å². The number of aliphatic hydroxyl groups is 1. The van der Waals surface area contributed by atoms with Crippen LogP contribution in [-0.4, -0.2) is 18.3 Å². The van der Waals surface area contributed by atoms with E-state index in [9.17, 15) is 0 Å². The van der Waals surface area contributed by atoms with Crippen LogP contribution in [-0.2, 0) is 0 Å². The molecule has 84 valence electrons. The number of ether oxygens (including phenoxy) is 1. The summed E-state index contributed by atoms with van der Waals surface area (Å²) in [4.78, 5) is 0. The number of aliphatic hydroxyl groups excluding tert-OH is 1. The largest absolute Gasteiger partial charge is 0.491 e. The van der Waals surface area contributed by atoms with Crippen LogP contribution in [0.5, 0.6) is 5.75 Å². The van der Waals surface area contributed by atoms with Gasteiger partial charge in [0.15, 0.2) is 0 Å². The molecule has 2 heteroatoms. The summed E-state index contributed by atoms with van der Waals surface area (Å²) in [6.07, 6.45) is 1.78. The Morgan fingerprint density at radius 2 is 2.00 bits per heavy atom. The Morgan fingerprint density at radius 3 is 2.53 bits per heavy atom. The van der Waals surface area contributed by atoms with Gasteiger partial charge >= 0.3 is 0 Å². The van der Waals surface area contributed by atoms with E-state index < -0.39 is 0 Å². The molecule has 0 aliphatic heterocycles. The third-order valence-electron chi connectivity index (χ3n) is 1.67. The highest BCUT2D eigenvalue weighted by atomic mass is 16.5. The van der Waals surface area contributed by atoms with Gasteiger partial charge in [-0.3, -0.25) is 0 Å². The summed E-state index contributed by atoms with van der Waals surface area (Å²) in [5.41, 5.74) is 2.17. The quantitative estimate of drug-likeness (QED) is 0.824. The van der Waals surface area contributed by atoms with Crippen molar-refractivity contribution < 1.29 is 9.84 Å². The Morgan fingerprint density at radius 1 is 1.33 bits per heavy atom. The second-order valence-corrected chi connectivity index (χ2v) is 2.86. The first-order chi connectivity index (χ1) is 7.26. The molecule has 0 spiro atoms. The van der Waals surface area contributed by atoms with Gasteiger partial charge in [-0.15, -0.1) is 0 Å². The Bertz CT molecular complexity index is 293. The van der Waals surface area contributed by atoms with E-state index in [1.54, 1.807) is 6.08 Å². The van der Waals surface area contributed by atoms with Crippen molar-refractivity contribution in [3.63, 3.8) is 0 Å². The van der Waals surface area contributed by atoms with E-state index in [4.69, 9.17) is 9.84 Å². The van der Waals surface area contributed by atoms with Crippen molar-refractivity contribution in [1.29, 1.82) is 0 Å². The fourth-order valence-electron chi connectivity index (χ4n) is 1.14. The standard InChI is InChI=1S/C11H14O2.C2H6/c1-3-10-6-9(2)7-11(8-10)13-5-4-12;1-2/h3,6-8,12H,1,4-5H2,2H3;1-2H3. The van der Waals surface area contributed by atoms with Crippen molar-refractivity contribution in [2.45, 2.75) is 20.8 Å². The lowest BCUT2D eigenvalue weighted by molar-refractivity contribution is 0.201. The van der Waals surface area contributed by atoms with Gasteiger partial charge < -0.3 is 9.84 Å². The topological polar surface area (TPSA) is 29.5 Å². The van der Waals surface area contributed by atoms with Crippen LogP contribution >= 0.6 is 0 Å². The average Bonchev–Trinajstić information content (AvgIpc) is 2.28. The maximum atomic E-state index is 8.58. The summed E-state index contributed by atoms with van der Waals surface area (Å²) in [5, 5.41) is 8.58. The minimum Gasteiger partial charge on any atom is -0.491 e. The van der Waals surface area contributed by atoms with Crippen LogP contribution in [0.3, 0.4) is 0 Å². The van der Waals surface area contributed by atoms with Crippen LogP contribution in [0.4, 0.5) is 0 Å². The highest BCUT2D eigenvalue weighted by Crippen LogP contribution is 2.17. The monoisotopic (exact) mass is 208 g/mol. The first-order valence-electron chi connectivity index (χ1n) is 5.24. The molecule has 0 saturated heterocycles. The molecule has 0 unspecified atom stereocenters. The fraction of sp³-hybridized carbons (Fsp3) is 0.385. The summed E-state index contributed by atoms with van der Waals surface area (Å²) in [6, 6.07) is 5.86. The highest BCUT2D eigenvalue weighted by molar-refractivity contribution is 5.51. The van der Waals surface area contributed by atoms with Crippen molar-refractivity contribution in [1.82, 2.24) is 0 Å². The zero-order chi connectivity index (χ0) is 11.7. The Hall–Kier alpha value is -1.28. The number of benzene rings is 1. The summed E-state index contributed by atoms with van der Waals surface area (Å²) in [7, 11) is 0. The summed E-state index contributed by atoms with van der Waals surface area (Å²) in [6.45, 7) is 10.1. The van der Waals surface area contributed by atoms with Crippen LogP contribution in [0, 0.1) is 6.92 Å². The minimum absolute atomic E-state index is 0.0391. The third kappa shape index (κ3) is 5.23. The van der Waals surface area contributed by atoms with Gasteiger partial charge in [0.2, 0.25) is 0 Å². The van der Waals surface area contributed by atoms with Gasteiger partial charge in [-0.05, 0) is 30.2 Å². The molecule has 1 aromatic rings. The predicted molar refractivity (Wildman–Crippen MR) is 65.2 cm³/mol. The molecule has 1 aromatic carbocycles. The maximum absolute atomic E-state index is 8.58. The van der Waals surface area contributed by atoms with Crippen LogP contribution in [0.1, 0.15) is 25.0 Å². The average molecular weight is 208 g/mol. The normalized spacial score (nSPS) is 8.80. The predicted octanol–water partition coefficient (Wildman–Crippen LogP) is 3.04. The third-order valence-corrected chi connectivity index (χ3v) is 1.67. The molecule has 2 nitrogen and oxygen atoms in total. The first kappa shape index (κ1) is 13.7.